The molecule has 0 unspecified atom stereocenters. The van der Waals surface area contributed by atoms with E-state index in [-0.39, 0.29) is 6.04 Å². The number of benzene rings is 1. The van der Waals surface area contributed by atoms with Gasteiger partial charge in [0.2, 0.25) is 0 Å². The largest absolute Gasteiger partial charge is 0.370 e. The molecule has 1 heterocycles. The highest BCUT2D eigenvalue weighted by Gasteiger charge is 2.35. The predicted octanol–water partition coefficient (Wildman–Crippen LogP) is 4.91. The van der Waals surface area contributed by atoms with Crippen LogP contribution in [-0.4, -0.2) is 13.1 Å². The van der Waals surface area contributed by atoms with Gasteiger partial charge in [0.05, 0.1) is 10.7 Å². The zero-order chi connectivity index (χ0) is 14.9. The van der Waals surface area contributed by atoms with Crippen LogP contribution < -0.4 is 10.6 Å². The number of piperidine rings is 1. The van der Waals surface area contributed by atoms with Gasteiger partial charge in [-0.25, -0.2) is 0 Å². The van der Waals surface area contributed by atoms with Crippen molar-refractivity contribution in [3.05, 3.63) is 28.8 Å². The van der Waals surface area contributed by atoms with Crippen molar-refractivity contribution in [3.63, 3.8) is 0 Å². The quantitative estimate of drug-likeness (QED) is 0.841. The molecule has 1 atom stereocenters. The third-order valence-electron chi connectivity index (χ3n) is 5.58. The van der Waals surface area contributed by atoms with E-state index in [0.717, 1.165) is 23.7 Å². The maximum absolute atomic E-state index is 6.49. The van der Waals surface area contributed by atoms with Crippen molar-refractivity contribution in [2.45, 2.75) is 57.9 Å². The van der Waals surface area contributed by atoms with Gasteiger partial charge in [-0.3, -0.25) is 0 Å². The Morgan fingerprint density at radius 2 is 1.76 bits per heavy atom. The molecule has 2 nitrogen and oxygen atoms in total. The number of rotatable bonds is 2. The highest BCUT2D eigenvalue weighted by molar-refractivity contribution is 6.33. The van der Waals surface area contributed by atoms with Gasteiger partial charge in [-0.05, 0) is 55.7 Å². The van der Waals surface area contributed by atoms with Crippen molar-refractivity contribution >= 4 is 17.3 Å². The minimum absolute atomic E-state index is 0.0448. The SMILES string of the molecule is C[C@@H](N)c1ccc(N2CCC3(CCCCC3)CC2)c(Cl)c1. The lowest BCUT2D eigenvalue weighted by Crippen LogP contribution is -2.41. The van der Waals surface area contributed by atoms with Crippen LogP contribution in [0.25, 0.3) is 0 Å². The van der Waals surface area contributed by atoms with Gasteiger partial charge in [0.15, 0.2) is 0 Å². The van der Waals surface area contributed by atoms with E-state index in [4.69, 9.17) is 17.3 Å². The molecule has 1 aliphatic heterocycles. The van der Waals surface area contributed by atoms with Gasteiger partial charge in [0.25, 0.3) is 0 Å². The number of nitrogens with zero attached hydrogens (tertiary/aromatic N) is 1. The summed E-state index contributed by atoms with van der Waals surface area (Å²) in [6, 6.07) is 6.35. The Bertz CT molecular complexity index is 482. The predicted molar refractivity (Wildman–Crippen MR) is 91.0 cm³/mol. The summed E-state index contributed by atoms with van der Waals surface area (Å²) in [6.07, 6.45) is 9.86. The van der Waals surface area contributed by atoms with Crippen LogP contribution >= 0.6 is 11.6 Å². The monoisotopic (exact) mass is 306 g/mol. The van der Waals surface area contributed by atoms with E-state index < -0.39 is 0 Å². The van der Waals surface area contributed by atoms with Crippen molar-refractivity contribution in [3.8, 4) is 0 Å². The number of anilines is 1. The van der Waals surface area contributed by atoms with Gasteiger partial charge in [-0.2, -0.15) is 0 Å². The summed E-state index contributed by atoms with van der Waals surface area (Å²) in [7, 11) is 0. The van der Waals surface area contributed by atoms with Crippen LogP contribution in [0.15, 0.2) is 18.2 Å². The minimum Gasteiger partial charge on any atom is -0.370 e. The van der Waals surface area contributed by atoms with Gasteiger partial charge < -0.3 is 10.6 Å². The standard InChI is InChI=1S/C18H27ClN2/c1-14(20)15-5-6-17(16(19)13-15)21-11-9-18(10-12-21)7-3-2-4-8-18/h5-6,13-14H,2-4,7-12,20H2,1H3/t14-/m1/s1. The number of hydrogen-bond acceptors (Lipinski definition) is 2. The maximum Gasteiger partial charge on any atom is 0.0642 e. The molecule has 3 rings (SSSR count). The van der Waals surface area contributed by atoms with Crippen LogP contribution in [0.1, 0.15) is 63.5 Å². The maximum atomic E-state index is 6.49. The second-order valence-corrected chi connectivity index (χ2v) is 7.45. The fraction of sp³-hybridized carbons (Fsp3) is 0.667. The first-order valence-electron chi connectivity index (χ1n) is 8.40. The highest BCUT2D eigenvalue weighted by atomic mass is 35.5. The molecule has 1 saturated heterocycles. The van der Waals surface area contributed by atoms with Crippen molar-refractivity contribution in [2.24, 2.45) is 11.1 Å². The summed E-state index contributed by atoms with van der Waals surface area (Å²) in [5.41, 5.74) is 8.88. The van der Waals surface area contributed by atoms with Crippen LogP contribution in [0, 0.1) is 5.41 Å². The third kappa shape index (κ3) is 3.22. The first-order valence-corrected chi connectivity index (χ1v) is 8.77. The average molecular weight is 307 g/mol. The Balaban J connectivity index is 1.69. The van der Waals surface area contributed by atoms with E-state index in [9.17, 15) is 0 Å². The van der Waals surface area contributed by atoms with Gasteiger partial charge in [-0.15, -0.1) is 0 Å². The van der Waals surface area contributed by atoms with Gasteiger partial charge in [0, 0.05) is 19.1 Å². The van der Waals surface area contributed by atoms with Crippen LogP contribution in [0.2, 0.25) is 5.02 Å². The van der Waals surface area contributed by atoms with Gasteiger partial charge in [0.1, 0.15) is 0 Å². The summed E-state index contributed by atoms with van der Waals surface area (Å²) in [5, 5.41) is 0.851. The van der Waals surface area contributed by atoms with E-state index in [1.807, 2.05) is 13.0 Å². The summed E-state index contributed by atoms with van der Waals surface area (Å²) >= 11 is 6.49. The molecular formula is C18H27ClN2. The Morgan fingerprint density at radius 3 is 2.33 bits per heavy atom. The first-order chi connectivity index (χ1) is 10.1. The second kappa shape index (κ2) is 6.18. The smallest absolute Gasteiger partial charge is 0.0642 e. The fourth-order valence-electron chi connectivity index (χ4n) is 4.09. The van der Waals surface area contributed by atoms with Crippen LogP contribution in [0.3, 0.4) is 0 Å². The molecule has 21 heavy (non-hydrogen) atoms. The second-order valence-electron chi connectivity index (χ2n) is 7.05. The molecule has 1 aromatic carbocycles. The molecule has 0 amide bonds. The topological polar surface area (TPSA) is 29.3 Å². The van der Waals surface area contributed by atoms with E-state index in [0.29, 0.717) is 5.41 Å². The molecule has 2 aliphatic rings. The highest BCUT2D eigenvalue weighted by Crippen LogP contribution is 2.45. The summed E-state index contributed by atoms with van der Waals surface area (Å²) in [6.45, 7) is 4.30. The Hall–Kier alpha value is -0.730. The van der Waals surface area contributed by atoms with E-state index in [2.05, 4.69) is 17.0 Å². The molecule has 2 fully saturated rings. The molecule has 2 N–H and O–H groups in total. The van der Waals surface area contributed by atoms with Crippen molar-refractivity contribution in [2.75, 3.05) is 18.0 Å². The van der Waals surface area contributed by atoms with E-state index in [1.165, 1.54) is 50.6 Å². The van der Waals surface area contributed by atoms with Crippen LogP contribution in [0.4, 0.5) is 5.69 Å². The minimum atomic E-state index is 0.0448. The zero-order valence-corrected chi connectivity index (χ0v) is 13.8. The van der Waals surface area contributed by atoms with Gasteiger partial charge in [-0.1, -0.05) is 36.9 Å². The molecular weight excluding hydrogens is 280 g/mol. The van der Waals surface area contributed by atoms with E-state index >= 15 is 0 Å². The van der Waals surface area contributed by atoms with Gasteiger partial charge >= 0.3 is 0 Å². The lowest BCUT2D eigenvalue weighted by molar-refractivity contribution is 0.144. The lowest BCUT2D eigenvalue weighted by Gasteiger charge is -2.45. The first kappa shape index (κ1) is 15.2. The summed E-state index contributed by atoms with van der Waals surface area (Å²) < 4.78 is 0. The normalized spacial score (nSPS) is 23.3. The molecule has 1 saturated carbocycles. The molecule has 0 radical (unpaired) electrons. The molecule has 3 heteroatoms. The average Bonchev–Trinajstić information content (AvgIpc) is 2.49. The summed E-state index contributed by atoms with van der Waals surface area (Å²) in [4.78, 5) is 2.47. The zero-order valence-electron chi connectivity index (χ0n) is 13.1. The molecule has 0 aromatic heterocycles. The van der Waals surface area contributed by atoms with Crippen molar-refractivity contribution < 1.29 is 0 Å². The summed E-state index contributed by atoms with van der Waals surface area (Å²) in [5.74, 6) is 0. The Kier molecular flexibility index (Phi) is 4.46. The molecule has 1 spiro atoms. The number of halogens is 1. The molecule has 1 aromatic rings. The molecule has 0 bridgehead atoms. The lowest BCUT2D eigenvalue weighted by atomic mass is 9.68. The number of hydrogen-bond donors (Lipinski definition) is 1. The van der Waals surface area contributed by atoms with Crippen molar-refractivity contribution in [1.82, 2.24) is 0 Å². The van der Waals surface area contributed by atoms with Crippen molar-refractivity contribution in [1.29, 1.82) is 0 Å². The molecule has 116 valence electrons. The Labute approximate surface area is 133 Å². The third-order valence-corrected chi connectivity index (χ3v) is 5.88. The van der Waals surface area contributed by atoms with Crippen LogP contribution in [-0.2, 0) is 0 Å². The van der Waals surface area contributed by atoms with Crippen LogP contribution in [0.5, 0.6) is 0 Å². The van der Waals surface area contributed by atoms with E-state index in [1.54, 1.807) is 0 Å². The fourth-order valence-corrected chi connectivity index (χ4v) is 4.40. The Morgan fingerprint density at radius 1 is 1.10 bits per heavy atom. The number of nitrogens with two attached hydrogens (primary N) is 1. The molecule has 1 aliphatic carbocycles.